The first-order valence-corrected chi connectivity index (χ1v) is 4.11. The highest BCUT2D eigenvalue weighted by atomic mass is 32.1. The highest BCUT2D eigenvalue weighted by Gasteiger charge is 2.15. The van der Waals surface area contributed by atoms with Crippen LogP contribution in [0.25, 0.3) is 5.57 Å². The summed E-state index contributed by atoms with van der Waals surface area (Å²) in [4.78, 5) is 10.8. The largest absolute Gasteiger partial charge is 0.277 e. The van der Waals surface area contributed by atoms with Gasteiger partial charge in [0.25, 0.3) is 5.69 Å². The number of hydrogen-bond donors (Lipinski definition) is 1. The molecule has 1 rings (SSSR count). The van der Waals surface area contributed by atoms with Gasteiger partial charge in [0.15, 0.2) is 0 Å². The zero-order valence-corrected chi connectivity index (χ0v) is 8.04. The van der Waals surface area contributed by atoms with Gasteiger partial charge < -0.3 is 0 Å². The van der Waals surface area contributed by atoms with E-state index < -0.39 is 4.92 Å². The Bertz CT molecular complexity index is 374. The molecule has 68 valence electrons. The molecule has 0 amide bonds. The third-order valence-corrected chi connectivity index (χ3v) is 2.02. The summed E-state index contributed by atoms with van der Waals surface area (Å²) in [7, 11) is 0. The van der Waals surface area contributed by atoms with Crippen LogP contribution >= 0.6 is 12.6 Å². The minimum atomic E-state index is -0.427. The van der Waals surface area contributed by atoms with Gasteiger partial charge in [-0.2, -0.15) is 0 Å². The molecule has 0 radical (unpaired) electrons. The van der Waals surface area contributed by atoms with E-state index in [1.54, 1.807) is 19.1 Å². The Kier molecular flexibility index (Phi) is 2.72. The van der Waals surface area contributed by atoms with E-state index >= 15 is 0 Å². The maximum atomic E-state index is 10.6. The first-order chi connectivity index (χ1) is 6.04. The summed E-state index contributed by atoms with van der Waals surface area (Å²) in [5, 5.41) is 10.6. The van der Waals surface area contributed by atoms with Crippen molar-refractivity contribution in [1.29, 1.82) is 0 Å². The predicted octanol–water partition coefficient (Wildman–Crippen LogP) is 2.92. The van der Waals surface area contributed by atoms with E-state index in [4.69, 9.17) is 0 Å². The average molecular weight is 195 g/mol. The molecule has 0 heterocycles. The van der Waals surface area contributed by atoms with Gasteiger partial charge in [0.05, 0.1) is 10.5 Å². The lowest BCUT2D eigenvalue weighted by Gasteiger charge is -2.04. The summed E-state index contributed by atoms with van der Waals surface area (Å²) in [5.41, 5.74) is 1.22. The summed E-state index contributed by atoms with van der Waals surface area (Å²) in [5.74, 6) is 0. The van der Waals surface area contributed by atoms with Gasteiger partial charge >= 0.3 is 0 Å². The fourth-order valence-electron chi connectivity index (χ4n) is 1.12. The van der Waals surface area contributed by atoms with E-state index in [0.29, 0.717) is 16.0 Å². The third-order valence-electron chi connectivity index (χ3n) is 1.64. The number of benzene rings is 1. The van der Waals surface area contributed by atoms with Crippen LogP contribution in [0.3, 0.4) is 0 Å². The minimum absolute atomic E-state index is 0.0556. The molecule has 0 saturated carbocycles. The van der Waals surface area contributed by atoms with E-state index in [1.165, 1.54) is 6.07 Å². The highest BCUT2D eigenvalue weighted by molar-refractivity contribution is 7.80. The molecule has 0 fully saturated rings. The molecule has 0 N–H and O–H groups in total. The van der Waals surface area contributed by atoms with Crippen LogP contribution in [0.4, 0.5) is 5.69 Å². The second-order valence-electron chi connectivity index (χ2n) is 2.71. The van der Waals surface area contributed by atoms with Crippen LogP contribution in [0.2, 0.25) is 0 Å². The van der Waals surface area contributed by atoms with E-state index in [9.17, 15) is 10.1 Å². The number of allylic oxidation sites excluding steroid dienone is 1. The fraction of sp³-hybridized carbons (Fsp3) is 0.111. The van der Waals surface area contributed by atoms with Crippen molar-refractivity contribution in [1.82, 2.24) is 0 Å². The van der Waals surface area contributed by atoms with Crippen molar-refractivity contribution in [3.63, 3.8) is 0 Å². The Labute approximate surface area is 81.6 Å². The minimum Gasteiger partial charge on any atom is -0.258 e. The first kappa shape index (κ1) is 9.80. The van der Waals surface area contributed by atoms with Crippen molar-refractivity contribution < 1.29 is 4.92 Å². The topological polar surface area (TPSA) is 43.1 Å². The highest BCUT2D eigenvalue weighted by Crippen LogP contribution is 2.30. The summed E-state index contributed by atoms with van der Waals surface area (Å²) in [6.45, 7) is 5.40. The second kappa shape index (κ2) is 3.62. The number of hydrogen-bond acceptors (Lipinski definition) is 3. The Hall–Kier alpha value is -1.29. The van der Waals surface area contributed by atoms with E-state index in [0.717, 1.165) is 0 Å². The average Bonchev–Trinajstić information content (AvgIpc) is 2.02. The fourth-order valence-corrected chi connectivity index (χ4v) is 1.51. The van der Waals surface area contributed by atoms with Gasteiger partial charge in [0.2, 0.25) is 0 Å². The first-order valence-electron chi connectivity index (χ1n) is 3.66. The Balaban J connectivity index is 3.43. The molecule has 0 saturated heterocycles. The van der Waals surface area contributed by atoms with Crippen LogP contribution < -0.4 is 0 Å². The summed E-state index contributed by atoms with van der Waals surface area (Å²) >= 11 is 4.14. The maximum absolute atomic E-state index is 10.6. The molecule has 0 aromatic heterocycles. The smallest absolute Gasteiger partial charge is 0.258 e. The molecular formula is C9H9NO2S. The third kappa shape index (κ3) is 1.89. The molecule has 1 aromatic rings. The number of nitro groups is 1. The summed E-state index contributed by atoms with van der Waals surface area (Å²) in [6, 6.07) is 4.76. The molecule has 4 heteroatoms. The number of nitro benzene ring substituents is 1. The van der Waals surface area contributed by atoms with Crippen molar-refractivity contribution in [2.24, 2.45) is 0 Å². The van der Waals surface area contributed by atoms with Crippen molar-refractivity contribution in [3.8, 4) is 0 Å². The normalized spacial score (nSPS) is 9.69. The zero-order chi connectivity index (χ0) is 10.0. The lowest BCUT2D eigenvalue weighted by molar-refractivity contribution is -0.385. The predicted molar refractivity (Wildman–Crippen MR) is 55.1 cm³/mol. The van der Waals surface area contributed by atoms with Gasteiger partial charge in [-0.15, -0.1) is 12.6 Å². The van der Waals surface area contributed by atoms with Crippen molar-refractivity contribution >= 4 is 23.9 Å². The lowest BCUT2D eigenvalue weighted by Crippen LogP contribution is -1.94. The molecule has 0 spiro atoms. The van der Waals surface area contributed by atoms with Crippen LogP contribution in [0.5, 0.6) is 0 Å². The van der Waals surface area contributed by atoms with Gasteiger partial charge in [-0.1, -0.05) is 12.6 Å². The second-order valence-corrected chi connectivity index (χ2v) is 3.19. The molecule has 0 atom stereocenters. The quantitative estimate of drug-likeness (QED) is 0.448. The molecule has 1 aromatic carbocycles. The zero-order valence-electron chi connectivity index (χ0n) is 7.15. The molecule has 0 bridgehead atoms. The number of rotatable bonds is 2. The molecule has 13 heavy (non-hydrogen) atoms. The van der Waals surface area contributed by atoms with E-state index in [2.05, 4.69) is 19.2 Å². The molecular weight excluding hydrogens is 186 g/mol. The number of nitrogens with zero attached hydrogens (tertiary/aromatic N) is 1. The van der Waals surface area contributed by atoms with Crippen LogP contribution in [0.1, 0.15) is 12.5 Å². The van der Waals surface area contributed by atoms with Gasteiger partial charge in [0, 0.05) is 11.0 Å². The van der Waals surface area contributed by atoms with Gasteiger partial charge in [-0.3, -0.25) is 10.1 Å². The van der Waals surface area contributed by atoms with Crippen LogP contribution in [-0.2, 0) is 0 Å². The Morgan fingerprint density at radius 3 is 2.62 bits per heavy atom. The SMILES string of the molecule is C=C(C)c1c(S)cccc1[N+](=O)[O-]. The number of thiol groups is 1. The van der Waals surface area contributed by atoms with Crippen LogP contribution in [-0.4, -0.2) is 4.92 Å². The molecule has 3 nitrogen and oxygen atoms in total. The summed E-state index contributed by atoms with van der Waals surface area (Å²) < 4.78 is 0. The maximum Gasteiger partial charge on any atom is 0.277 e. The van der Waals surface area contributed by atoms with Gasteiger partial charge in [-0.25, -0.2) is 0 Å². The van der Waals surface area contributed by atoms with E-state index in [-0.39, 0.29) is 5.69 Å². The van der Waals surface area contributed by atoms with Crippen molar-refractivity contribution in [3.05, 3.63) is 40.5 Å². The van der Waals surface area contributed by atoms with Crippen molar-refractivity contribution in [2.75, 3.05) is 0 Å². The monoisotopic (exact) mass is 195 g/mol. The summed E-state index contributed by atoms with van der Waals surface area (Å²) in [6.07, 6.45) is 0. The Morgan fingerprint density at radius 2 is 2.23 bits per heavy atom. The van der Waals surface area contributed by atoms with Gasteiger partial charge in [0.1, 0.15) is 0 Å². The van der Waals surface area contributed by atoms with E-state index in [1.807, 2.05) is 0 Å². The Morgan fingerprint density at radius 1 is 1.62 bits per heavy atom. The van der Waals surface area contributed by atoms with Gasteiger partial charge in [-0.05, 0) is 18.6 Å². The van der Waals surface area contributed by atoms with Crippen LogP contribution in [0, 0.1) is 10.1 Å². The lowest BCUT2D eigenvalue weighted by atomic mass is 10.1. The molecule has 0 aliphatic heterocycles. The molecule has 0 unspecified atom stereocenters. The molecule has 0 aliphatic carbocycles. The molecule has 0 aliphatic rings. The van der Waals surface area contributed by atoms with Crippen molar-refractivity contribution in [2.45, 2.75) is 11.8 Å². The standard InChI is InChI=1S/C9H9NO2S/c1-6(2)9-7(10(11)12)4-3-5-8(9)13/h3-5,13H,1H2,2H3. The van der Waals surface area contributed by atoms with Crippen LogP contribution in [0.15, 0.2) is 29.7 Å².